The Labute approximate surface area is 125 Å². The van der Waals surface area contributed by atoms with Crippen molar-refractivity contribution in [2.45, 2.75) is 45.1 Å². The molecule has 1 aromatic heterocycles. The zero-order valence-electron chi connectivity index (χ0n) is 12.1. The number of amides is 1. The Morgan fingerprint density at radius 3 is 2.77 bits per heavy atom. The number of aromatic nitrogens is 1. The molecular weight excluding hydrogens is 299 g/mol. The molecule has 3 rings (SSSR count). The molecule has 1 amide bonds. The third-order valence-electron chi connectivity index (χ3n) is 4.27. The monoisotopic (exact) mass is 315 g/mol. The molecule has 5 nitrogen and oxygen atoms in total. The summed E-state index contributed by atoms with van der Waals surface area (Å²) in [4.78, 5) is 15.9. The number of anilines is 1. The predicted octanol–water partition coefficient (Wildman–Crippen LogP) is 2.37. The first-order chi connectivity index (χ1) is 10.2. The summed E-state index contributed by atoms with van der Waals surface area (Å²) in [5.41, 5.74) is 0.739. The molecule has 0 aromatic carbocycles. The summed E-state index contributed by atoms with van der Waals surface area (Å²) < 4.78 is 40.4. The van der Waals surface area contributed by atoms with Gasteiger partial charge < -0.3 is 15.4 Å². The number of hydrogen-bond acceptors (Lipinski definition) is 4. The molecule has 0 radical (unpaired) electrons. The number of alkyl halides is 3. The lowest BCUT2D eigenvalue weighted by atomic mass is 10.0. The summed E-state index contributed by atoms with van der Waals surface area (Å²) in [5, 5.41) is 5.79. The Balaban J connectivity index is 1.69. The lowest BCUT2D eigenvalue weighted by Crippen LogP contribution is -2.38. The quantitative estimate of drug-likeness (QED) is 0.899. The average molecular weight is 315 g/mol. The second-order valence-corrected chi connectivity index (χ2v) is 6.19. The van der Waals surface area contributed by atoms with E-state index >= 15 is 0 Å². The van der Waals surface area contributed by atoms with Crippen LogP contribution in [0.3, 0.4) is 0 Å². The van der Waals surface area contributed by atoms with Gasteiger partial charge in [-0.3, -0.25) is 4.79 Å². The Kier molecular flexibility index (Phi) is 3.32. The third kappa shape index (κ3) is 3.01. The van der Waals surface area contributed by atoms with Gasteiger partial charge in [0.25, 0.3) is 0 Å². The number of aryl methyl sites for hydroxylation is 1. The number of pyridine rings is 1. The van der Waals surface area contributed by atoms with E-state index in [1.807, 2.05) is 0 Å². The van der Waals surface area contributed by atoms with E-state index in [2.05, 4.69) is 27.3 Å². The number of rotatable bonds is 3. The summed E-state index contributed by atoms with van der Waals surface area (Å²) in [6.07, 6.45) is -3.03. The second kappa shape index (κ2) is 4.84. The summed E-state index contributed by atoms with van der Waals surface area (Å²) in [5.74, 6) is -0.796. The van der Waals surface area contributed by atoms with Gasteiger partial charge in [-0.05, 0) is 30.7 Å². The molecule has 1 aliphatic heterocycles. The average Bonchev–Trinajstić information content (AvgIpc) is 2.89. The first-order valence-electron chi connectivity index (χ1n) is 6.97. The van der Waals surface area contributed by atoms with Crippen LogP contribution in [0.15, 0.2) is 12.1 Å². The molecule has 0 bridgehead atoms. The minimum atomic E-state index is -4.81. The summed E-state index contributed by atoms with van der Waals surface area (Å²) in [6, 6.07) is 2.56. The van der Waals surface area contributed by atoms with Gasteiger partial charge in [0.05, 0.1) is 6.04 Å². The maximum atomic E-state index is 12.2. The van der Waals surface area contributed by atoms with Gasteiger partial charge >= 0.3 is 6.36 Å². The third-order valence-corrected chi connectivity index (χ3v) is 4.27. The first-order valence-corrected chi connectivity index (χ1v) is 6.97. The maximum absolute atomic E-state index is 12.2. The topological polar surface area (TPSA) is 63.2 Å². The molecule has 1 aromatic rings. The molecule has 8 heteroatoms. The van der Waals surface area contributed by atoms with E-state index < -0.39 is 12.2 Å². The van der Waals surface area contributed by atoms with E-state index in [9.17, 15) is 18.0 Å². The number of carbonyl (C=O) groups is 1. The maximum Gasteiger partial charge on any atom is 0.574 e. The standard InChI is InChI=1S/C14H16F3N3O2/c1-7-3-4-10(22-14(15,16)17)19-11(7)20-12(21)8-5-13(2)6-9(13)18-8/h3-4,8-9,18H,5-6H2,1-2H3,(H,19,20,21)/t8-,9+,13-/m0/s1. The van der Waals surface area contributed by atoms with E-state index in [1.165, 1.54) is 6.07 Å². The van der Waals surface area contributed by atoms with E-state index in [1.54, 1.807) is 6.92 Å². The van der Waals surface area contributed by atoms with E-state index in [-0.39, 0.29) is 23.2 Å². The van der Waals surface area contributed by atoms with E-state index in [0.717, 1.165) is 18.9 Å². The summed E-state index contributed by atoms with van der Waals surface area (Å²) >= 11 is 0. The number of ether oxygens (including phenoxy) is 1. The van der Waals surface area contributed by atoms with Crippen molar-refractivity contribution in [2.75, 3.05) is 5.32 Å². The second-order valence-electron chi connectivity index (χ2n) is 6.19. The zero-order valence-corrected chi connectivity index (χ0v) is 12.1. The Morgan fingerprint density at radius 1 is 1.45 bits per heavy atom. The van der Waals surface area contributed by atoms with Crippen molar-refractivity contribution in [3.8, 4) is 5.88 Å². The largest absolute Gasteiger partial charge is 0.574 e. The smallest absolute Gasteiger partial charge is 0.388 e. The number of nitrogens with one attached hydrogen (secondary N) is 2. The number of fused-ring (bicyclic) bond motifs is 1. The van der Waals surface area contributed by atoms with Gasteiger partial charge in [0, 0.05) is 12.1 Å². The van der Waals surface area contributed by atoms with Gasteiger partial charge in [-0.15, -0.1) is 13.2 Å². The van der Waals surface area contributed by atoms with Crippen LogP contribution in [0.4, 0.5) is 19.0 Å². The van der Waals surface area contributed by atoms with Crippen molar-refractivity contribution in [1.82, 2.24) is 10.3 Å². The van der Waals surface area contributed by atoms with Crippen LogP contribution < -0.4 is 15.4 Å². The highest BCUT2D eigenvalue weighted by molar-refractivity contribution is 5.95. The van der Waals surface area contributed by atoms with Crippen LogP contribution in [0.2, 0.25) is 0 Å². The molecule has 120 valence electrons. The molecule has 0 unspecified atom stereocenters. The van der Waals surface area contributed by atoms with Crippen molar-refractivity contribution >= 4 is 11.7 Å². The van der Waals surface area contributed by atoms with Gasteiger partial charge in [-0.2, -0.15) is 4.98 Å². The molecular formula is C14H16F3N3O2. The van der Waals surface area contributed by atoms with Crippen LogP contribution >= 0.6 is 0 Å². The fourth-order valence-electron chi connectivity index (χ4n) is 2.85. The molecule has 1 saturated heterocycles. The molecule has 3 atom stereocenters. The Morgan fingerprint density at radius 2 is 2.18 bits per heavy atom. The van der Waals surface area contributed by atoms with Crippen LogP contribution in [0.1, 0.15) is 25.3 Å². The Hall–Kier alpha value is -1.83. The number of hydrogen-bond donors (Lipinski definition) is 2. The van der Waals surface area contributed by atoms with Gasteiger partial charge in [-0.1, -0.05) is 13.0 Å². The first kappa shape index (κ1) is 15.1. The summed E-state index contributed by atoms with van der Waals surface area (Å²) in [7, 11) is 0. The molecule has 2 heterocycles. The van der Waals surface area contributed by atoms with Crippen molar-refractivity contribution in [3.05, 3.63) is 17.7 Å². The van der Waals surface area contributed by atoms with Crippen LogP contribution in [0.25, 0.3) is 0 Å². The SMILES string of the molecule is Cc1ccc(OC(F)(F)F)nc1NC(=O)[C@@H]1C[C@@]2(C)C[C@H]2N1. The molecule has 2 N–H and O–H groups in total. The highest BCUT2D eigenvalue weighted by Gasteiger charge is 2.58. The lowest BCUT2D eigenvalue weighted by Gasteiger charge is -2.16. The lowest BCUT2D eigenvalue weighted by molar-refractivity contribution is -0.276. The molecule has 22 heavy (non-hydrogen) atoms. The molecule has 1 saturated carbocycles. The highest BCUT2D eigenvalue weighted by atomic mass is 19.4. The highest BCUT2D eigenvalue weighted by Crippen LogP contribution is 2.53. The molecule has 1 aliphatic carbocycles. The van der Waals surface area contributed by atoms with Crippen LogP contribution in [0.5, 0.6) is 5.88 Å². The molecule has 0 spiro atoms. The number of nitrogens with zero attached hydrogens (tertiary/aromatic N) is 1. The minimum Gasteiger partial charge on any atom is -0.388 e. The van der Waals surface area contributed by atoms with E-state index in [0.29, 0.717) is 11.6 Å². The fraction of sp³-hybridized carbons (Fsp3) is 0.571. The van der Waals surface area contributed by atoms with Crippen LogP contribution in [0, 0.1) is 12.3 Å². The number of halogens is 3. The van der Waals surface area contributed by atoms with Crippen molar-refractivity contribution in [3.63, 3.8) is 0 Å². The summed E-state index contributed by atoms with van der Waals surface area (Å²) in [6.45, 7) is 3.76. The van der Waals surface area contributed by atoms with Gasteiger partial charge in [-0.25, -0.2) is 0 Å². The number of carbonyl (C=O) groups excluding carboxylic acids is 1. The van der Waals surface area contributed by atoms with Crippen LogP contribution in [-0.4, -0.2) is 29.3 Å². The fourth-order valence-corrected chi connectivity index (χ4v) is 2.85. The van der Waals surface area contributed by atoms with Crippen LogP contribution in [-0.2, 0) is 4.79 Å². The van der Waals surface area contributed by atoms with Gasteiger partial charge in [0.1, 0.15) is 5.82 Å². The normalized spacial score (nSPS) is 29.9. The van der Waals surface area contributed by atoms with Crippen molar-refractivity contribution in [1.29, 1.82) is 0 Å². The van der Waals surface area contributed by atoms with E-state index in [4.69, 9.17) is 0 Å². The van der Waals surface area contributed by atoms with Crippen molar-refractivity contribution < 1.29 is 22.7 Å². The minimum absolute atomic E-state index is 0.0827. The molecule has 2 fully saturated rings. The number of piperidine rings is 1. The predicted molar refractivity (Wildman–Crippen MR) is 72.3 cm³/mol. The Bertz CT molecular complexity index is 620. The van der Waals surface area contributed by atoms with Gasteiger partial charge in [0.15, 0.2) is 0 Å². The van der Waals surface area contributed by atoms with Gasteiger partial charge in [0.2, 0.25) is 11.8 Å². The van der Waals surface area contributed by atoms with Crippen molar-refractivity contribution in [2.24, 2.45) is 5.41 Å². The molecule has 2 aliphatic rings. The zero-order chi connectivity index (χ0) is 16.1.